The van der Waals surface area contributed by atoms with Crippen LogP contribution in [0.5, 0.6) is 0 Å². The van der Waals surface area contributed by atoms with Gasteiger partial charge >= 0.3 is 5.97 Å². The second-order valence-electron chi connectivity index (χ2n) is 16.9. The summed E-state index contributed by atoms with van der Waals surface area (Å²) in [7, 11) is 6.77. The van der Waals surface area contributed by atoms with E-state index in [1.807, 2.05) is 32.8 Å². The number of aliphatic hydroxyl groups excluding tert-OH is 3. The maximum atomic E-state index is 14.2. The minimum absolute atomic E-state index is 0.111. The molecule has 15 nitrogen and oxygen atoms in total. The van der Waals surface area contributed by atoms with Crippen LogP contribution in [0.2, 0.25) is 0 Å². The third kappa shape index (κ3) is 11.2. The molecule has 4 N–H and O–H groups in total. The lowest BCUT2D eigenvalue weighted by Crippen LogP contribution is -2.61. The molecule has 0 spiro atoms. The van der Waals surface area contributed by atoms with Gasteiger partial charge in [0, 0.05) is 51.4 Å². The fourth-order valence-corrected chi connectivity index (χ4v) is 8.58. The molecule has 3 aliphatic heterocycles. The Morgan fingerprint density at radius 1 is 0.891 bits per heavy atom. The van der Waals surface area contributed by atoms with Crippen LogP contribution in [-0.2, 0) is 42.7 Å². The summed E-state index contributed by atoms with van der Waals surface area (Å²) in [6.45, 7) is 18.5. The Morgan fingerprint density at radius 2 is 1.45 bits per heavy atom. The van der Waals surface area contributed by atoms with Gasteiger partial charge in [0.15, 0.2) is 12.6 Å². The quantitative estimate of drug-likeness (QED) is 0.261. The zero-order valence-corrected chi connectivity index (χ0v) is 35.8. The SMILES string of the molecule is CC#N.CC[C@H]1OC(=O)[C@H](C)[C@@H](O[C@H]2C[C@@](C)(OC)[C@@H](O)[C@H](C)O2)[C@H](C)[C@@H](O[C@H]2O[C@@H](C)C[C@@H](N(C)C)[C@@H]2O)[C@](C)(OC)C[C@@H](C)C(=O)[C@H](C)[C@@H](O)[C@]1(C)O. The highest BCUT2D eigenvalue weighted by Gasteiger charge is 2.54. The summed E-state index contributed by atoms with van der Waals surface area (Å²) in [5.74, 6) is -4.47. The number of hydrogen-bond acceptors (Lipinski definition) is 15. The fourth-order valence-electron chi connectivity index (χ4n) is 8.58. The number of Topliss-reactive ketones (excluding diaryl/α,β-unsaturated/α-hetero) is 1. The molecular weight excluding hydrogens is 716 g/mol. The van der Waals surface area contributed by atoms with Crippen LogP contribution >= 0.6 is 0 Å². The van der Waals surface area contributed by atoms with Crippen molar-refractivity contribution in [3.8, 4) is 6.07 Å². The lowest BCUT2D eigenvalue weighted by Gasteiger charge is -2.50. The molecule has 320 valence electrons. The molecule has 18 atom stereocenters. The number of aliphatic hydroxyl groups is 4. The second kappa shape index (κ2) is 20.2. The first-order valence-corrected chi connectivity index (χ1v) is 19.6. The van der Waals surface area contributed by atoms with Crippen LogP contribution in [0.4, 0.5) is 0 Å². The lowest BCUT2D eigenvalue weighted by molar-refractivity contribution is -0.319. The van der Waals surface area contributed by atoms with Crippen molar-refractivity contribution in [1.82, 2.24) is 4.90 Å². The van der Waals surface area contributed by atoms with Crippen LogP contribution < -0.4 is 0 Å². The van der Waals surface area contributed by atoms with E-state index in [0.717, 1.165) is 0 Å². The Hall–Kier alpha value is -1.81. The highest BCUT2D eigenvalue weighted by atomic mass is 16.7. The van der Waals surface area contributed by atoms with Crippen LogP contribution in [-0.4, -0.2) is 150 Å². The third-order valence-electron chi connectivity index (χ3n) is 12.3. The van der Waals surface area contributed by atoms with Crippen molar-refractivity contribution in [2.75, 3.05) is 28.3 Å². The molecule has 0 aromatic carbocycles. The summed E-state index contributed by atoms with van der Waals surface area (Å²) in [6, 6.07) is 1.47. The van der Waals surface area contributed by atoms with Crippen molar-refractivity contribution < 1.29 is 63.2 Å². The van der Waals surface area contributed by atoms with E-state index in [9.17, 15) is 30.0 Å². The maximum Gasteiger partial charge on any atom is 0.311 e. The fraction of sp³-hybridized carbons (Fsp3) is 0.925. The Bertz CT molecular complexity index is 1280. The number of ether oxygens (including phenoxy) is 7. The molecule has 0 unspecified atom stereocenters. The first-order chi connectivity index (χ1) is 25.4. The van der Waals surface area contributed by atoms with Gasteiger partial charge in [0.25, 0.3) is 0 Å². The number of hydrogen-bond donors (Lipinski definition) is 4. The van der Waals surface area contributed by atoms with E-state index >= 15 is 0 Å². The first-order valence-electron chi connectivity index (χ1n) is 19.6. The summed E-state index contributed by atoms with van der Waals surface area (Å²) in [5, 5.41) is 52.9. The molecule has 55 heavy (non-hydrogen) atoms. The first kappa shape index (κ1) is 49.3. The predicted molar refractivity (Wildman–Crippen MR) is 202 cm³/mol. The van der Waals surface area contributed by atoms with E-state index in [2.05, 4.69) is 0 Å². The standard InChI is InChI=1S/C38H69NO13.C2H3N/c1-15-26-38(10,45)31(42)21(4)28(40)19(2)17-37(9,47-14)33(52-35-29(41)25(39(11)12)16-20(3)48-35)22(5)30(23(6)34(44)50-26)51-27-18-36(8,46-13)32(43)24(7)49-27;1-2-3/h19-27,29-33,35,41-43,45H,15-18H2,1-14H3;1H3/t19-,20+,21+,22+,23-,24+,25-,26-,27+,29+,30+,31-,32+,33-,35-,36-,37-,38-;/m1./s1. The summed E-state index contributed by atoms with van der Waals surface area (Å²) >= 11 is 0. The van der Waals surface area contributed by atoms with E-state index in [-0.39, 0.29) is 37.2 Å². The molecular formula is C40H72N2O13. The van der Waals surface area contributed by atoms with Crippen LogP contribution in [0, 0.1) is 35.0 Å². The number of ketones is 1. The van der Waals surface area contributed by atoms with Crippen molar-refractivity contribution in [1.29, 1.82) is 5.26 Å². The number of carbonyl (C=O) groups is 2. The number of rotatable bonds is 8. The molecule has 0 aromatic heterocycles. The number of methoxy groups -OCH3 is 2. The molecule has 0 aromatic rings. The third-order valence-corrected chi connectivity index (χ3v) is 12.3. The number of esters is 1. The van der Waals surface area contributed by atoms with E-state index in [1.165, 1.54) is 28.1 Å². The lowest BCUT2D eigenvalue weighted by atomic mass is 9.74. The monoisotopic (exact) mass is 789 g/mol. The maximum absolute atomic E-state index is 14.2. The Kier molecular flexibility index (Phi) is 18.2. The van der Waals surface area contributed by atoms with Crippen molar-refractivity contribution >= 4 is 11.8 Å². The molecule has 0 bridgehead atoms. The molecule has 3 aliphatic rings. The molecule has 15 heteroatoms. The summed E-state index contributed by atoms with van der Waals surface area (Å²) < 4.78 is 43.9. The van der Waals surface area contributed by atoms with Crippen LogP contribution in [0.3, 0.4) is 0 Å². The number of nitrogens with zero attached hydrogens (tertiary/aromatic N) is 2. The van der Waals surface area contributed by atoms with E-state index < -0.39 is 102 Å². The van der Waals surface area contributed by atoms with Gasteiger partial charge in [-0.1, -0.05) is 27.7 Å². The molecule has 3 fully saturated rings. The van der Waals surface area contributed by atoms with Crippen molar-refractivity contribution in [2.24, 2.45) is 23.7 Å². The van der Waals surface area contributed by atoms with E-state index in [4.69, 9.17) is 38.4 Å². The molecule has 0 radical (unpaired) electrons. The van der Waals surface area contributed by atoms with Crippen molar-refractivity contribution in [2.45, 2.75) is 186 Å². The zero-order valence-electron chi connectivity index (χ0n) is 35.8. The Labute approximate surface area is 328 Å². The van der Waals surface area contributed by atoms with Gasteiger partial charge in [-0.3, -0.25) is 9.59 Å². The molecule has 0 aliphatic carbocycles. The van der Waals surface area contributed by atoms with Gasteiger partial charge < -0.3 is 58.5 Å². The average Bonchev–Trinajstić information content (AvgIpc) is 3.12. The summed E-state index contributed by atoms with van der Waals surface area (Å²) in [4.78, 5) is 30.1. The zero-order chi connectivity index (χ0) is 42.4. The number of carbonyl (C=O) groups excluding carboxylic acids is 2. The smallest absolute Gasteiger partial charge is 0.311 e. The predicted octanol–water partition coefficient (Wildman–Crippen LogP) is 2.97. The van der Waals surface area contributed by atoms with Gasteiger partial charge in [-0.2, -0.15) is 5.26 Å². The molecule has 3 heterocycles. The Morgan fingerprint density at radius 3 is 1.96 bits per heavy atom. The van der Waals surface area contributed by atoms with Gasteiger partial charge in [0.1, 0.15) is 29.7 Å². The largest absolute Gasteiger partial charge is 0.459 e. The van der Waals surface area contributed by atoms with Crippen LogP contribution in [0.1, 0.15) is 102 Å². The number of cyclic esters (lactones) is 1. The summed E-state index contributed by atoms with van der Waals surface area (Å²) in [5.41, 5.74) is -4.24. The normalized spacial score (nSPS) is 46.5. The summed E-state index contributed by atoms with van der Waals surface area (Å²) in [6.07, 6.45) is -8.73. The molecule has 3 saturated heterocycles. The minimum Gasteiger partial charge on any atom is -0.459 e. The second-order valence-corrected chi connectivity index (χ2v) is 16.9. The average molecular weight is 789 g/mol. The van der Waals surface area contributed by atoms with E-state index in [0.29, 0.717) is 6.42 Å². The van der Waals surface area contributed by atoms with Gasteiger partial charge in [0.2, 0.25) is 0 Å². The highest BCUT2D eigenvalue weighted by molar-refractivity contribution is 5.83. The van der Waals surface area contributed by atoms with Gasteiger partial charge in [0.05, 0.1) is 53.7 Å². The van der Waals surface area contributed by atoms with Gasteiger partial charge in [-0.15, -0.1) is 0 Å². The Balaban J connectivity index is 0.00000337. The van der Waals surface area contributed by atoms with Crippen molar-refractivity contribution in [3.63, 3.8) is 0 Å². The number of likely N-dealkylation sites (N-methyl/N-ethyl adjacent to an activating group) is 1. The topological polar surface area (TPSA) is 207 Å². The van der Waals surface area contributed by atoms with Crippen molar-refractivity contribution in [3.05, 3.63) is 0 Å². The van der Waals surface area contributed by atoms with Gasteiger partial charge in [-0.25, -0.2) is 0 Å². The van der Waals surface area contributed by atoms with E-state index in [1.54, 1.807) is 54.5 Å². The van der Waals surface area contributed by atoms with Crippen LogP contribution in [0.25, 0.3) is 0 Å². The molecule has 0 saturated carbocycles. The minimum atomic E-state index is -1.96. The highest BCUT2D eigenvalue weighted by Crippen LogP contribution is 2.41. The van der Waals surface area contributed by atoms with Gasteiger partial charge in [-0.05, 0) is 74.9 Å². The molecule has 0 amide bonds. The van der Waals surface area contributed by atoms with Crippen LogP contribution in [0.15, 0.2) is 0 Å². The molecule has 3 rings (SSSR count). The number of nitriles is 1.